The number of ether oxygens (including phenoxy) is 2. The van der Waals surface area contributed by atoms with Crippen molar-refractivity contribution >= 4 is 39.3 Å². The molecular formula is C30H39N7O4. The number of anilines is 1. The van der Waals surface area contributed by atoms with Gasteiger partial charge < -0.3 is 46.9 Å². The number of amides is 2. The number of aromatic amines is 2. The molecule has 4 aromatic rings. The molecule has 0 spiro atoms. The third kappa shape index (κ3) is 7.93. The van der Waals surface area contributed by atoms with Crippen molar-refractivity contribution in [1.29, 1.82) is 0 Å². The molecule has 5 rings (SSSR count). The molecule has 2 amide bonds. The van der Waals surface area contributed by atoms with Gasteiger partial charge in [0.25, 0.3) is 11.8 Å². The van der Waals surface area contributed by atoms with Gasteiger partial charge in [0.2, 0.25) is 0 Å². The van der Waals surface area contributed by atoms with E-state index < -0.39 is 0 Å². The first kappa shape index (κ1) is 28.8. The quantitative estimate of drug-likeness (QED) is 0.123. The molecule has 2 heterocycles. The molecule has 0 bridgehead atoms. The van der Waals surface area contributed by atoms with Crippen LogP contribution in [0.2, 0.25) is 0 Å². The lowest BCUT2D eigenvalue weighted by atomic mass is 9.88. The van der Waals surface area contributed by atoms with Gasteiger partial charge in [-0.1, -0.05) is 18.2 Å². The maximum absolute atomic E-state index is 12.7. The first-order valence-electron chi connectivity index (χ1n) is 14.1. The van der Waals surface area contributed by atoms with Crippen molar-refractivity contribution in [2.45, 2.75) is 37.4 Å². The van der Waals surface area contributed by atoms with E-state index in [0.717, 1.165) is 47.6 Å². The minimum absolute atomic E-state index is 0.173. The van der Waals surface area contributed by atoms with E-state index in [1.165, 1.54) is 0 Å². The largest absolute Gasteiger partial charge is 0.378 e. The van der Waals surface area contributed by atoms with E-state index in [2.05, 4.69) is 25.9 Å². The molecule has 11 heteroatoms. The van der Waals surface area contributed by atoms with Crippen molar-refractivity contribution in [1.82, 2.24) is 20.6 Å². The van der Waals surface area contributed by atoms with Gasteiger partial charge in [0.1, 0.15) is 11.4 Å². The topological polar surface area (TPSA) is 172 Å². The number of hydrogen-bond donors (Lipinski definition) is 7. The Kier molecular flexibility index (Phi) is 9.65. The van der Waals surface area contributed by atoms with Crippen molar-refractivity contribution < 1.29 is 19.1 Å². The van der Waals surface area contributed by atoms with Gasteiger partial charge in [0.05, 0.1) is 26.4 Å². The second-order valence-electron chi connectivity index (χ2n) is 10.6. The highest BCUT2D eigenvalue weighted by molar-refractivity contribution is 6.07. The molecule has 1 fully saturated rings. The van der Waals surface area contributed by atoms with Gasteiger partial charge in [-0.25, -0.2) is 0 Å². The molecule has 9 N–H and O–H groups in total. The number of fused-ring (bicyclic) bond motifs is 2. The third-order valence-corrected chi connectivity index (χ3v) is 7.26. The van der Waals surface area contributed by atoms with Gasteiger partial charge in [0, 0.05) is 58.7 Å². The van der Waals surface area contributed by atoms with Crippen molar-refractivity contribution in [3.63, 3.8) is 0 Å². The number of rotatable bonds is 13. The normalized spacial score (nSPS) is 19.0. The van der Waals surface area contributed by atoms with E-state index >= 15 is 0 Å². The van der Waals surface area contributed by atoms with Crippen LogP contribution in [-0.2, 0) is 9.47 Å². The molecule has 11 nitrogen and oxygen atoms in total. The first-order valence-corrected chi connectivity index (χ1v) is 14.1. The van der Waals surface area contributed by atoms with Crippen LogP contribution in [0.4, 0.5) is 5.69 Å². The average molecular weight is 562 g/mol. The van der Waals surface area contributed by atoms with Crippen LogP contribution in [0.3, 0.4) is 0 Å². The molecule has 2 aromatic heterocycles. The third-order valence-electron chi connectivity index (χ3n) is 7.26. The summed E-state index contributed by atoms with van der Waals surface area (Å²) >= 11 is 0. The van der Waals surface area contributed by atoms with Gasteiger partial charge in [-0.15, -0.1) is 0 Å². The number of hydrogen-bond acceptors (Lipinski definition) is 7. The van der Waals surface area contributed by atoms with E-state index in [1.807, 2.05) is 42.5 Å². The van der Waals surface area contributed by atoms with E-state index in [9.17, 15) is 9.59 Å². The monoisotopic (exact) mass is 561 g/mol. The molecule has 0 radical (unpaired) electrons. The zero-order chi connectivity index (χ0) is 28.6. The fraction of sp³-hybridized carbons (Fsp3) is 0.400. The minimum Gasteiger partial charge on any atom is -0.378 e. The predicted molar refractivity (Wildman–Crippen MR) is 160 cm³/mol. The Morgan fingerprint density at radius 3 is 2.17 bits per heavy atom. The number of nitrogens with two attached hydrogens (primary N) is 2. The van der Waals surface area contributed by atoms with Crippen LogP contribution in [0, 0.1) is 0 Å². The van der Waals surface area contributed by atoms with Gasteiger partial charge >= 0.3 is 0 Å². The second kappa shape index (κ2) is 13.7. The van der Waals surface area contributed by atoms with Crippen molar-refractivity contribution in [3.8, 4) is 0 Å². The van der Waals surface area contributed by atoms with Crippen molar-refractivity contribution in [2.24, 2.45) is 11.5 Å². The standard InChI is InChI=1S/C30H39N7O4/c31-21-16-22(32)18-24(17-21)33-7-9-40-11-12-41-10-8-34-29(38)27-15-20-13-23(5-6-26(20)37-27)35-30(39)28-14-19-3-1-2-4-25(19)36-28/h1-6,13-15,21-22,24,33,36-37H,7-12,16-18,31-32H2,(H,34,38)(H,35,39)/t21-,22+,24?. The molecular weight excluding hydrogens is 522 g/mol. The number of H-pyrrole nitrogens is 2. The Labute approximate surface area is 238 Å². The highest BCUT2D eigenvalue weighted by atomic mass is 16.5. The molecule has 1 aliphatic carbocycles. The smallest absolute Gasteiger partial charge is 0.272 e. The molecule has 1 unspecified atom stereocenters. The fourth-order valence-corrected chi connectivity index (χ4v) is 5.29. The average Bonchev–Trinajstić information content (AvgIpc) is 3.58. The van der Waals surface area contributed by atoms with Crippen molar-refractivity contribution in [2.75, 3.05) is 44.8 Å². The Morgan fingerprint density at radius 2 is 1.41 bits per heavy atom. The zero-order valence-corrected chi connectivity index (χ0v) is 23.1. The van der Waals surface area contributed by atoms with E-state index in [-0.39, 0.29) is 23.9 Å². The van der Waals surface area contributed by atoms with Crippen LogP contribution < -0.4 is 27.4 Å². The maximum atomic E-state index is 12.7. The Hall–Kier alpha value is -3.74. The van der Waals surface area contributed by atoms with Gasteiger partial charge in [0.15, 0.2) is 0 Å². The predicted octanol–water partition coefficient (Wildman–Crippen LogP) is 2.46. The van der Waals surface area contributed by atoms with E-state index in [1.54, 1.807) is 12.1 Å². The maximum Gasteiger partial charge on any atom is 0.272 e. The molecule has 3 atom stereocenters. The summed E-state index contributed by atoms with van der Waals surface area (Å²) in [5, 5.41) is 11.0. The molecule has 1 aliphatic rings. The number of carbonyl (C=O) groups is 2. The Bertz CT molecular complexity index is 1420. The molecule has 0 saturated heterocycles. The lowest BCUT2D eigenvalue weighted by molar-refractivity contribution is 0.0481. The number of para-hydroxylation sites is 1. The van der Waals surface area contributed by atoms with Crippen LogP contribution in [0.15, 0.2) is 54.6 Å². The highest BCUT2D eigenvalue weighted by Crippen LogP contribution is 2.22. The molecule has 0 aliphatic heterocycles. The van der Waals surface area contributed by atoms with Gasteiger partial charge in [-0.05, 0) is 55.7 Å². The summed E-state index contributed by atoms with van der Waals surface area (Å²) in [4.78, 5) is 31.6. The first-order chi connectivity index (χ1) is 19.9. The fourth-order valence-electron chi connectivity index (χ4n) is 5.29. The van der Waals surface area contributed by atoms with Crippen molar-refractivity contribution in [3.05, 3.63) is 66.0 Å². The summed E-state index contributed by atoms with van der Waals surface area (Å²) in [5.41, 5.74) is 15.3. The van der Waals surface area contributed by atoms with Gasteiger partial charge in [-0.2, -0.15) is 0 Å². The number of carbonyl (C=O) groups excluding carboxylic acids is 2. The molecule has 41 heavy (non-hydrogen) atoms. The van der Waals surface area contributed by atoms with Gasteiger partial charge in [-0.3, -0.25) is 9.59 Å². The van der Waals surface area contributed by atoms with Crippen LogP contribution >= 0.6 is 0 Å². The second-order valence-corrected chi connectivity index (χ2v) is 10.6. The SMILES string of the molecule is N[C@@H]1CC(NCCOCCOCCNC(=O)c2cc3cc(NC(=O)c4cc5ccccc5[nH]4)ccc3[nH]2)C[C@H](N)C1. The summed E-state index contributed by atoms with van der Waals surface area (Å²) in [6, 6.07) is 17.5. The summed E-state index contributed by atoms with van der Waals surface area (Å²) in [5.74, 6) is -0.455. The summed E-state index contributed by atoms with van der Waals surface area (Å²) in [6.07, 6.45) is 2.79. The van der Waals surface area contributed by atoms with Crippen LogP contribution in [0.25, 0.3) is 21.8 Å². The number of aromatic nitrogens is 2. The molecule has 1 saturated carbocycles. The van der Waals surface area contributed by atoms with E-state index in [4.69, 9.17) is 20.9 Å². The zero-order valence-electron chi connectivity index (χ0n) is 23.1. The lowest BCUT2D eigenvalue weighted by Crippen LogP contribution is -2.48. The summed E-state index contributed by atoms with van der Waals surface area (Å²) in [6.45, 7) is 3.05. The summed E-state index contributed by atoms with van der Waals surface area (Å²) in [7, 11) is 0. The van der Waals surface area contributed by atoms with Crippen LogP contribution in [-0.4, -0.2) is 79.4 Å². The van der Waals surface area contributed by atoms with Crippen LogP contribution in [0.1, 0.15) is 40.2 Å². The Balaban J connectivity index is 0.978. The van der Waals surface area contributed by atoms with E-state index in [0.29, 0.717) is 56.1 Å². The number of nitrogens with one attached hydrogen (secondary N) is 5. The molecule has 218 valence electrons. The summed E-state index contributed by atoms with van der Waals surface area (Å²) < 4.78 is 11.2. The van der Waals surface area contributed by atoms with Crippen LogP contribution in [0.5, 0.6) is 0 Å². The number of benzene rings is 2. The highest BCUT2D eigenvalue weighted by Gasteiger charge is 2.23. The Morgan fingerprint density at radius 1 is 0.756 bits per heavy atom. The minimum atomic E-state index is -0.231. The lowest BCUT2D eigenvalue weighted by Gasteiger charge is -2.31. The molecule has 2 aromatic carbocycles.